The molecule has 0 atom stereocenters. The Hall–Kier alpha value is -2.19. The van der Waals surface area contributed by atoms with Crippen molar-refractivity contribution in [2.45, 2.75) is 19.8 Å². The Morgan fingerprint density at radius 1 is 1.14 bits per heavy atom. The zero-order valence-corrected chi connectivity index (χ0v) is 17.3. The van der Waals surface area contributed by atoms with Crippen LogP contribution in [0.15, 0.2) is 29.3 Å². The van der Waals surface area contributed by atoms with Crippen molar-refractivity contribution in [2.75, 3.05) is 60.0 Å². The molecule has 8 heteroatoms. The van der Waals surface area contributed by atoms with Crippen molar-refractivity contribution in [2.24, 2.45) is 4.99 Å². The average molecular weight is 396 g/mol. The number of nitrogens with zero attached hydrogens (tertiary/aromatic N) is 2. The molecule has 28 heavy (non-hydrogen) atoms. The number of amides is 1. The van der Waals surface area contributed by atoms with E-state index in [0.29, 0.717) is 19.6 Å². The Labute approximate surface area is 167 Å². The third kappa shape index (κ3) is 11.5. The third-order valence-electron chi connectivity index (χ3n) is 4.00. The fourth-order valence-electron chi connectivity index (χ4n) is 2.50. The number of benzene rings is 1. The molecule has 0 saturated heterocycles. The van der Waals surface area contributed by atoms with Crippen LogP contribution in [0.3, 0.4) is 0 Å². The molecule has 0 heterocycles. The molecular weight excluding hydrogens is 361 g/mol. The molecule has 0 bridgehead atoms. The number of carbonyl (C=O) groups is 1. The molecule has 0 aliphatic heterocycles. The highest BCUT2D eigenvalue weighted by molar-refractivity contribution is 5.80. The molecule has 0 radical (unpaired) electrons. The molecule has 0 fully saturated rings. The van der Waals surface area contributed by atoms with Crippen molar-refractivity contribution in [3.63, 3.8) is 0 Å². The predicted octanol–water partition coefficient (Wildman–Crippen LogP) is 1.01. The normalized spacial score (nSPS) is 11.5. The summed E-state index contributed by atoms with van der Waals surface area (Å²) in [6.07, 6.45) is 1.25. The largest absolute Gasteiger partial charge is 0.385 e. The first-order chi connectivity index (χ1) is 13.5. The standard InChI is InChI=1S/C20H34FN5O2/c1-4-22-20(25-12-14-26(2)13-5-15-28-3)24-11-10-23-19(27)16-17-6-8-18(21)9-7-17/h6-9H,4-5,10-16H2,1-3H3,(H,23,27)(H2,22,24,25). The van der Waals surface area contributed by atoms with Crippen LogP contribution >= 0.6 is 0 Å². The van der Waals surface area contributed by atoms with Crippen molar-refractivity contribution in [1.29, 1.82) is 0 Å². The van der Waals surface area contributed by atoms with E-state index in [-0.39, 0.29) is 18.1 Å². The summed E-state index contributed by atoms with van der Waals surface area (Å²) < 4.78 is 17.9. The lowest BCUT2D eigenvalue weighted by molar-refractivity contribution is -0.120. The Morgan fingerprint density at radius 2 is 1.86 bits per heavy atom. The predicted molar refractivity (Wildman–Crippen MR) is 111 cm³/mol. The molecule has 0 aromatic heterocycles. The van der Waals surface area contributed by atoms with E-state index in [2.05, 4.69) is 32.9 Å². The number of ether oxygens (including phenoxy) is 1. The molecule has 1 aromatic carbocycles. The molecule has 0 saturated carbocycles. The van der Waals surface area contributed by atoms with Gasteiger partial charge < -0.3 is 25.6 Å². The smallest absolute Gasteiger partial charge is 0.224 e. The van der Waals surface area contributed by atoms with E-state index in [9.17, 15) is 9.18 Å². The van der Waals surface area contributed by atoms with Gasteiger partial charge in [-0.05, 0) is 38.1 Å². The van der Waals surface area contributed by atoms with Gasteiger partial charge in [-0.1, -0.05) is 12.1 Å². The fraction of sp³-hybridized carbons (Fsp3) is 0.600. The van der Waals surface area contributed by atoms with E-state index in [4.69, 9.17) is 4.74 Å². The highest BCUT2D eigenvalue weighted by Crippen LogP contribution is 2.03. The van der Waals surface area contributed by atoms with Gasteiger partial charge in [0.05, 0.1) is 13.0 Å². The summed E-state index contributed by atoms with van der Waals surface area (Å²) in [5.74, 6) is 0.346. The van der Waals surface area contributed by atoms with Gasteiger partial charge in [0.2, 0.25) is 5.91 Å². The van der Waals surface area contributed by atoms with Gasteiger partial charge in [0.25, 0.3) is 0 Å². The van der Waals surface area contributed by atoms with E-state index in [1.54, 1.807) is 19.2 Å². The Kier molecular flexibility index (Phi) is 12.6. The number of halogens is 1. The zero-order chi connectivity index (χ0) is 20.6. The van der Waals surface area contributed by atoms with Crippen LogP contribution in [0.1, 0.15) is 18.9 Å². The number of hydrogen-bond acceptors (Lipinski definition) is 4. The number of guanidine groups is 1. The average Bonchev–Trinajstić information content (AvgIpc) is 2.67. The molecule has 0 unspecified atom stereocenters. The van der Waals surface area contributed by atoms with E-state index in [0.717, 1.165) is 44.2 Å². The number of carbonyl (C=O) groups excluding carboxylic acids is 1. The lowest BCUT2D eigenvalue weighted by Gasteiger charge is -2.16. The van der Waals surface area contributed by atoms with Crippen LogP contribution in [0.4, 0.5) is 4.39 Å². The van der Waals surface area contributed by atoms with Crippen LogP contribution in [0.25, 0.3) is 0 Å². The van der Waals surface area contributed by atoms with Gasteiger partial charge in [-0.15, -0.1) is 0 Å². The lowest BCUT2D eigenvalue weighted by atomic mass is 10.1. The van der Waals surface area contributed by atoms with Gasteiger partial charge in [-0.3, -0.25) is 9.79 Å². The number of nitrogens with one attached hydrogen (secondary N) is 3. The first-order valence-corrected chi connectivity index (χ1v) is 9.76. The Bertz CT molecular complexity index is 580. The molecule has 158 valence electrons. The first-order valence-electron chi connectivity index (χ1n) is 9.76. The second-order valence-electron chi connectivity index (χ2n) is 6.49. The van der Waals surface area contributed by atoms with Crippen molar-refractivity contribution >= 4 is 11.9 Å². The van der Waals surface area contributed by atoms with Gasteiger partial charge in [0, 0.05) is 46.4 Å². The summed E-state index contributed by atoms with van der Waals surface area (Å²) in [6, 6.07) is 5.96. The minimum atomic E-state index is -0.301. The molecule has 3 N–H and O–H groups in total. The van der Waals surface area contributed by atoms with Crippen molar-refractivity contribution < 1.29 is 13.9 Å². The SMILES string of the molecule is CCNC(=NCCN(C)CCCOC)NCCNC(=O)Cc1ccc(F)cc1. The van der Waals surface area contributed by atoms with Gasteiger partial charge in [0.1, 0.15) is 5.82 Å². The van der Waals surface area contributed by atoms with E-state index >= 15 is 0 Å². The molecule has 7 nitrogen and oxygen atoms in total. The number of likely N-dealkylation sites (N-methyl/N-ethyl adjacent to an activating group) is 1. The van der Waals surface area contributed by atoms with Gasteiger partial charge >= 0.3 is 0 Å². The molecule has 0 aliphatic carbocycles. The summed E-state index contributed by atoms with van der Waals surface area (Å²) in [5, 5.41) is 9.25. The van der Waals surface area contributed by atoms with Gasteiger partial charge in [-0.2, -0.15) is 0 Å². The van der Waals surface area contributed by atoms with Crippen molar-refractivity contribution in [3.8, 4) is 0 Å². The van der Waals surface area contributed by atoms with E-state index in [1.807, 2.05) is 6.92 Å². The van der Waals surface area contributed by atoms with E-state index in [1.165, 1.54) is 12.1 Å². The summed E-state index contributed by atoms with van der Waals surface area (Å²) in [5.41, 5.74) is 0.788. The summed E-state index contributed by atoms with van der Waals surface area (Å²) in [4.78, 5) is 18.7. The van der Waals surface area contributed by atoms with Gasteiger partial charge in [0.15, 0.2) is 5.96 Å². The quantitative estimate of drug-likeness (QED) is 0.264. The number of aliphatic imine (C=N–C) groups is 1. The number of rotatable bonds is 13. The highest BCUT2D eigenvalue weighted by Gasteiger charge is 2.04. The second-order valence-corrected chi connectivity index (χ2v) is 6.49. The Morgan fingerprint density at radius 3 is 2.54 bits per heavy atom. The number of methoxy groups -OCH3 is 1. The van der Waals surface area contributed by atoms with Crippen LogP contribution in [-0.4, -0.2) is 76.8 Å². The maximum absolute atomic E-state index is 12.9. The molecule has 1 rings (SSSR count). The lowest BCUT2D eigenvalue weighted by Crippen LogP contribution is -2.42. The fourth-order valence-corrected chi connectivity index (χ4v) is 2.50. The highest BCUT2D eigenvalue weighted by atomic mass is 19.1. The molecule has 1 aromatic rings. The van der Waals surface area contributed by atoms with Gasteiger partial charge in [-0.25, -0.2) is 4.39 Å². The summed E-state index contributed by atoms with van der Waals surface area (Å²) in [6.45, 7) is 7.15. The summed E-state index contributed by atoms with van der Waals surface area (Å²) in [7, 11) is 3.78. The molecular formula is C20H34FN5O2. The molecule has 1 amide bonds. The number of hydrogen-bond donors (Lipinski definition) is 3. The van der Waals surface area contributed by atoms with Crippen LogP contribution in [0.2, 0.25) is 0 Å². The summed E-state index contributed by atoms with van der Waals surface area (Å²) >= 11 is 0. The van der Waals surface area contributed by atoms with Crippen LogP contribution < -0.4 is 16.0 Å². The van der Waals surface area contributed by atoms with Crippen LogP contribution in [0.5, 0.6) is 0 Å². The minimum absolute atomic E-state index is 0.0898. The minimum Gasteiger partial charge on any atom is -0.385 e. The molecule has 0 aliphatic rings. The topological polar surface area (TPSA) is 78.0 Å². The monoisotopic (exact) mass is 395 g/mol. The van der Waals surface area contributed by atoms with Crippen molar-refractivity contribution in [1.82, 2.24) is 20.9 Å². The van der Waals surface area contributed by atoms with Crippen LogP contribution in [0, 0.1) is 5.82 Å². The molecule has 0 spiro atoms. The first kappa shape index (κ1) is 23.8. The second kappa shape index (κ2) is 14.8. The zero-order valence-electron chi connectivity index (χ0n) is 17.3. The maximum Gasteiger partial charge on any atom is 0.224 e. The maximum atomic E-state index is 12.9. The van der Waals surface area contributed by atoms with Crippen LogP contribution in [-0.2, 0) is 16.0 Å². The van der Waals surface area contributed by atoms with E-state index < -0.39 is 0 Å². The van der Waals surface area contributed by atoms with Crippen molar-refractivity contribution in [3.05, 3.63) is 35.6 Å². The Balaban J connectivity index is 2.24. The third-order valence-corrected chi connectivity index (χ3v) is 4.00.